The number of carbonyl (C=O) groups excluding carboxylic acids is 6. The molecule has 5 aromatic rings. The second kappa shape index (κ2) is 28.7. The third-order valence-corrected chi connectivity index (χ3v) is 17.0. The van der Waals surface area contributed by atoms with Crippen molar-refractivity contribution in [3.63, 3.8) is 0 Å². The highest BCUT2D eigenvalue weighted by Gasteiger charge is 2.36. The van der Waals surface area contributed by atoms with Gasteiger partial charge in [0.05, 0.1) is 24.5 Å². The SMILES string of the molecule is CCCCCCCCCCCCN1C(=O)c2cccc3c(N4CCN(CC(=O)Nc5ccccc5NC(=O)CN5CCN(c6ccc7c8c(cccc68)C(=O)N(CCCCCCCCCCCC)C7=O)CC5)CC4)ccc(c23)C1=O. The highest BCUT2D eigenvalue weighted by Crippen LogP contribution is 2.39. The van der Waals surface area contributed by atoms with E-state index in [2.05, 4.69) is 44.1 Å². The number of imide groups is 2. The Balaban J connectivity index is 0.712. The van der Waals surface area contributed by atoms with E-state index in [1.165, 1.54) is 99.7 Å². The lowest BCUT2D eigenvalue weighted by Gasteiger charge is -2.37. The van der Waals surface area contributed by atoms with Crippen LogP contribution in [-0.4, -0.2) is 134 Å². The van der Waals surface area contributed by atoms with Gasteiger partial charge in [0, 0.05) is 121 Å². The molecule has 5 aromatic carbocycles. The second-order valence-corrected chi connectivity index (χ2v) is 22.8. The fourth-order valence-corrected chi connectivity index (χ4v) is 12.5. The van der Waals surface area contributed by atoms with Gasteiger partial charge in [-0.1, -0.05) is 166 Å². The van der Waals surface area contributed by atoms with Crippen molar-refractivity contribution in [1.29, 1.82) is 0 Å². The van der Waals surface area contributed by atoms with Crippen LogP contribution in [0.25, 0.3) is 21.5 Å². The van der Waals surface area contributed by atoms with E-state index in [1.54, 1.807) is 12.1 Å². The summed E-state index contributed by atoms with van der Waals surface area (Å²) in [7, 11) is 0. The summed E-state index contributed by atoms with van der Waals surface area (Å²) < 4.78 is 0. The van der Waals surface area contributed by atoms with Gasteiger partial charge in [-0.3, -0.25) is 48.4 Å². The maximum atomic E-state index is 13.8. The monoisotopic (exact) mass is 1090 g/mol. The number of nitrogens with zero attached hydrogens (tertiary/aromatic N) is 6. The zero-order chi connectivity index (χ0) is 55.8. The molecule has 4 aliphatic rings. The second-order valence-electron chi connectivity index (χ2n) is 22.8. The van der Waals surface area contributed by atoms with Gasteiger partial charge in [0.2, 0.25) is 11.8 Å². The van der Waals surface area contributed by atoms with Gasteiger partial charge in [-0.15, -0.1) is 0 Å². The molecule has 0 spiro atoms. The minimum Gasteiger partial charge on any atom is -0.368 e. The number of piperazine rings is 2. The molecule has 0 bridgehead atoms. The van der Waals surface area contributed by atoms with Gasteiger partial charge < -0.3 is 20.4 Å². The average Bonchev–Trinajstić information content (AvgIpc) is 3.65. The van der Waals surface area contributed by atoms with Gasteiger partial charge in [-0.05, 0) is 61.4 Å². The van der Waals surface area contributed by atoms with Crippen LogP contribution in [0.5, 0.6) is 0 Å². The van der Waals surface area contributed by atoms with Crippen LogP contribution in [0.2, 0.25) is 0 Å². The summed E-state index contributed by atoms with van der Waals surface area (Å²) in [5.41, 5.74) is 5.36. The summed E-state index contributed by atoms with van der Waals surface area (Å²) in [5.74, 6) is -1.20. The van der Waals surface area contributed by atoms with Crippen LogP contribution in [-0.2, 0) is 9.59 Å². The summed E-state index contributed by atoms with van der Waals surface area (Å²) in [6, 6.07) is 26.6. The van der Waals surface area contributed by atoms with E-state index in [1.807, 2.05) is 72.8 Å². The Morgan fingerprint density at radius 1 is 0.375 bits per heavy atom. The van der Waals surface area contributed by atoms with E-state index in [-0.39, 0.29) is 48.5 Å². The molecular formula is C66H86N8O6. The Kier molecular flexibility index (Phi) is 20.8. The number of hydrogen-bond acceptors (Lipinski definition) is 10. The molecule has 2 saturated heterocycles. The molecule has 4 aliphatic heterocycles. The minimum atomic E-state index is -0.212. The fourth-order valence-electron chi connectivity index (χ4n) is 12.5. The van der Waals surface area contributed by atoms with Crippen LogP contribution >= 0.6 is 0 Å². The largest absolute Gasteiger partial charge is 0.368 e. The summed E-state index contributed by atoms with van der Waals surface area (Å²) >= 11 is 0. The number of unbranched alkanes of at least 4 members (excludes halogenated alkanes) is 18. The van der Waals surface area contributed by atoms with E-state index in [4.69, 9.17) is 0 Å². The highest BCUT2D eigenvalue weighted by atomic mass is 16.2. The Morgan fingerprint density at radius 2 is 0.700 bits per heavy atom. The van der Waals surface area contributed by atoms with Crippen LogP contribution in [0, 0.1) is 0 Å². The van der Waals surface area contributed by atoms with Crippen molar-refractivity contribution in [2.45, 2.75) is 142 Å². The van der Waals surface area contributed by atoms with E-state index in [0.29, 0.717) is 99.1 Å². The van der Waals surface area contributed by atoms with Gasteiger partial charge in [-0.25, -0.2) is 0 Å². The molecule has 0 saturated carbocycles. The van der Waals surface area contributed by atoms with Gasteiger partial charge in [0.1, 0.15) is 0 Å². The van der Waals surface area contributed by atoms with Gasteiger partial charge in [-0.2, -0.15) is 0 Å². The summed E-state index contributed by atoms with van der Waals surface area (Å²) in [5, 5.41) is 9.36. The summed E-state index contributed by atoms with van der Waals surface area (Å²) in [4.78, 5) is 94.1. The molecule has 0 unspecified atom stereocenters. The molecule has 6 amide bonds. The van der Waals surface area contributed by atoms with Crippen molar-refractivity contribution < 1.29 is 28.8 Å². The summed E-state index contributed by atoms with van der Waals surface area (Å²) in [6.45, 7) is 11.0. The molecule has 2 fully saturated rings. The van der Waals surface area contributed by atoms with Crippen LogP contribution in [0.4, 0.5) is 22.7 Å². The predicted molar refractivity (Wildman–Crippen MR) is 323 cm³/mol. The molecule has 9 rings (SSSR count). The molecule has 14 nitrogen and oxygen atoms in total. The Labute approximate surface area is 474 Å². The molecule has 14 heteroatoms. The van der Waals surface area contributed by atoms with E-state index < -0.39 is 0 Å². The Bertz CT molecular complexity index is 2740. The molecule has 80 heavy (non-hydrogen) atoms. The molecule has 0 aliphatic carbocycles. The topological polar surface area (TPSA) is 146 Å². The van der Waals surface area contributed by atoms with Gasteiger partial charge in [0.25, 0.3) is 23.6 Å². The average molecular weight is 1090 g/mol. The van der Waals surface area contributed by atoms with Crippen LogP contribution in [0.3, 0.4) is 0 Å². The first-order valence-corrected chi connectivity index (χ1v) is 30.6. The number of para-hydroxylation sites is 2. The van der Waals surface area contributed by atoms with Crippen LogP contribution in [0.1, 0.15) is 184 Å². The summed E-state index contributed by atoms with van der Waals surface area (Å²) in [6.07, 6.45) is 23.8. The number of carbonyl (C=O) groups is 6. The van der Waals surface area contributed by atoms with Crippen molar-refractivity contribution >= 4 is 79.7 Å². The standard InChI is InChI=1S/C66H86N8O6/c1-3-5-7-9-11-13-15-17-19-23-37-73-63(77)51-29-25-27-49-57(35-33-53(61(49)51)65(73)79)71-43-39-69(40-44-71)47-59(75)67-55-31-21-22-32-56(55)68-60(76)48-70-41-45-72(46-42-70)58-36-34-54-62-50(58)28-26-30-52(62)64(78)74(66(54)80)38-24-20-18-16-14-12-10-8-6-4-2/h21-22,25-36H,3-20,23-24,37-48H2,1-2H3,(H,67,75)(H,68,76). The van der Waals surface area contributed by atoms with Crippen molar-refractivity contribution in [2.75, 3.05) is 99.0 Å². The lowest BCUT2D eigenvalue weighted by Crippen LogP contribution is -2.49. The number of rotatable bonds is 30. The zero-order valence-corrected chi connectivity index (χ0v) is 47.8. The quantitative estimate of drug-likeness (QED) is 0.0337. The molecule has 2 N–H and O–H groups in total. The Morgan fingerprint density at radius 3 is 1.05 bits per heavy atom. The predicted octanol–water partition coefficient (Wildman–Crippen LogP) is 12.5. The number of hydrogen-bond donors (Lipinski definition) is 2. The number of anilines is 4. The van der Waals surface area contributed by atoms with Crippen molar-refractivity contribution in [1.82, 2.24) is 19.6 Å². The molecule has 0 atom stereocenters. The molecule has 426 valence electrons. The third kappa shape index (κ3) is 14.1. The lowest BCUT2D eigenvalue weighted by molar-refractivity contribution is -0.118. The van der Waals surface area contributed by atoms with Gasteiger partial charge in [0.15, 0.2) is 0 Å². The zero-order valence-electron chi connectivity index (χ0n) is 47.8. The van der Waals surface area contributed by atoms with Crippen LogP contribution in [0.15, 0.2) is 84.9 Å². The Hall–Kier alpha value is -6.64. The lowest BCUT2D eigenvalue weighted by atomic mass is 9.92. The molecule has 0 radical (unpaired) electrons. The first-order chi connectivity index (χ1) is 39.1. The third-order valence-electron chi connectivity index (χ3n) is 17.0. The maximum Gasteiger partial charge on any atom is 0.261 e. The van der Waals surface area contributed by atoms with Gasteiger partial charge >= 0.3 is 0 Å². The number of amides is 6. The molecular weight excluding hydrogens is 1000 g/mol. The maximum absolute atomic E-state index is 13.8. The highest BCUT2D eigenvalue weighted by molar-refractivity contribution is 6.28. The van der Waals surface area contributed by atoms with E-state index in [9.17, 15) is 28.8 Å². The normalized spacial score (nSPS) is 15.9. The van der Waals surface area contributed by atoms with Crippen molar-refractivity contribution in [2.24, 2.45) is 0 Å². The fraction of sp³-hybridized carbons (Fsp3) is 0.515. The van der Waals surface area contributed by atoms with E-state index in [0.717, 1.165) is 71.4 Å². The number of nitrogens with one attached hydrogen (secondary N) is 2. The molecule has 0 aromatic heterocycles. The first kappa shape index (κ1) is 58.0. The first-order valence-electron chi connectivity index (χ1n) is 30.6. The van der Waals surface area contributed by atoms with Crippen molar-refractivity contribution in [3.05, 3.63) is 107 Å². The van der Waals surface area contributed by atoms with Crippen molar-refractivity contribution in [3.8, 4) is 0 Å². The smallest absolute Gasteiger partial charge is 0.261 e. The minimum absolute atomic E-state index is 0.175. The number of benzene rings is 5. The van der Waals surface area contributed by atoms with Crippen LogP contribution < -0.4 is 20.4 Å². The van der Waals surface area contributed by atoms with E-state index >= 15 is 0 Å². The molecule has 4 heterocycles.